The first-order valence-corrected chi connectivity index (χ1v) is 9.19. The molecule has 0 radical (unpaired) electrons. The molecule has 0 aromatic heterocycles. The maximum absolute atomic E-state index is 13.7. The molecular formula is C20H20ClF2N3. The summed E-state index contributed by atoms with van der Waals surface area (Å²) in [6.45, 7) is 2.27. The smallest absolute Gasteiger partial charge is 0.160 e. The normalized spacial score (nSPS) is 20.0. The minimum Gasteiger partial charge on any atom is -0.343 e. The highest BCUT2D eigenvalue weighted by Crippen LogP contribution is 2.41. The summed E-state index contributed by atoms with van der Waals surface area (Å²) in [5.41, 5.74) is 2.28. The van der Waals surface area contributed by atoms with E-state index in [-0.39, 0.29) is 5.41 Å². The van der Waals surface area contributed by atoms with Crippen LogP contribution in [-0.4, -0.2) is 18.9 Å². The summed E-state index contributed by atoms with van der Waals surface area (Å²) in [5.74, 6) is -0.780. The fourth-order valence-corrected chi connectivity index (χ4v) is 4.10. The molecule has 0 unspecified atom stereocenters. The zero-order valence-corrected chi connectivity index (χ0v) is 15.0. The van der Waals surface area contributed by atoms with Crippen molar-refractivity contribution in [3.63, 3.8) is 0 Å². The van der Waals surface area contributed by atoms with Gasteiger partial charge in [0.25, 0.3) is 0 Å². The molecule has 0 bridgehead atoms. The number of fused-ring (bicyclic) bond motifs is 1. The predicted molar refractivity (Wildman–Crippen MR) is 101 cm³/mol. The number of amidine groups is 1. The van der Waals surface area contributed by atoms with E-state index in [1.165, 1.54) is 12.1 Å². The molecule has 6 heteroatoms. The highest BCUT2D eigenvalue weighted by atomic mass is 35.5. The highest BCUT2D eigenvalue weighted by molar-refractivity contribution is 6.30. The van der Waals surface area contributed by atoms with Gasteiger partial charge in [-0.1, -0.05) is 23.7 Å². The molecule has 1 fully saturated rings. The number of nitrogens with zero attached hydrogens (tertiary/aromatic N) is 1. The van der Waals surface area contributed by atoms with Crippen molar-refractivity contribution in [1.29, 1.82) is 0 Å². The third-order valence-corrected chi connectivity index (χ3v) is 5.53. The summed E-state index contributed by atoms with van der Waals surface area (Å²) in [7, 11) is 0. The molecule has 0 saturated carbocycles. The van der Waals surface area contributed by atoms with Crippen molar-refractivity contribution >= 4 is 23.1 Å². The third-order valence-electron chi connectivity index (χ3n) is 5.30. The van der Waals surface area contributed by atoms with Gasteiger partial charge in [-0.3, -0.25) is 4.99 Å². The highest BCUT2D eigenvalue weighted by Gasteiger charge is 2.41. The van der Waals surface area contributed by atoms with Gasteiger partial charge in [0.05, 0.1) is 6.54 Å². The maximum atomic E-state index is 13.7. The molecule has 1 saturated heterocycles. The molecule has 0 amide bonds. The second kappa shape index (κ2) is 6.97. The van der Waals surface area contributed by atoms with Gasteiger partial charge in [-0.15, -0.1) is 0 Å². The number of benzene rings is 2. The number of nitrogens with one attached hydrogen (secondary N) is 2. The molecular weight excluding hydrogens is 356 g/mol. The van der Waals surface area contributed by atoms with E-state index in [9.17, 15) is 8.78 Å². The Morgan fingerprint density at radius 2 is 1.85 bits per heavy atom. The van der Waals surface area contributed by atoms with Crippen molar-refractivity contribution < 1.29 is 8.78 Å². The van der Waals surface area contributed by atoms with Crippen molar-refractivity contribution in [3.05, 3.63) is 64.2 Å². The Labute approximate surface area is 156 Å². The molecule has 26 heavy (non-hydrogen) atoms. The standard InChI is InChI=1S/C20H20ClF2N3/c21-15-3-1-2-13(8-15)12-25-19-20(4-6-24-7-5-20)11-14-9-16(22)17(23)10-18(14)26-19/h1-3,8-10,24H,4-7,11-12H2,(H,25,26). The maximum Gasteiger partial charge on any atom is 0.160 e. The van der Waals surface area contributed by atoms with Gasteiger partial charge in [-0.25, -0.2) is 8.78 Å². The third kappa shape index (κ3) is 3.33. The van der Waals surface area contributed by atoms with Gasteiger partial charge in [0.1, 0.15) is 5.84 Å². The van der Waals surface area contributed by atoms with Crippen LogP contribution in [0.5, 0.6) is 0 Å². The molecule has 2 aliphatic rings. The molecule has 2 heterocycles. The van der Waals surface area contributed by atoms with Crippen LogP contribution in [0, 0.1) is 17.0 Å². The zero-order chi connectivity index (χ0) is 18.1. The molecule has 2 aromatic carbocycles. The van der Waals surface area contributed by atoms with Gasteiger partial charge >= 0.3 is 0 Å². The lowest BCUT2D eigenvalue weighted by Crippen LogP contribution is -2.48. The predicted octanol–water partition coefficient (Wildman–Crippen LogP) is 4.55. The van der Waals surface area contributed by atoms with Crippen LogP contribution in [0.4, 0.5) is 14.5 Å². The fraction of sp³-hybridized carbons (Fsp3) is 0.350. The van der Waals surface area contributed by atoms with Crippen LogP contribution < -0.4 is 10.6 Å². The van der Waals surface area contributed by atoms with E-state index in [0.29, 0.717) is 23.7 Å². The quantitative estimate of drug-likeness (QED) is 0.807. The molecule has 2 aliphatic heterocycles. The summed E-state index contributed by atoms with van der Waals surface area (Å²) in [6.07, 6.45) is 2.49. The van der Waals surface area contributed by atoms with E-state index >= 15 is 0 Å². The van der Waals surface area contributed by atoms with Gasteiger partial charge in [0.15, 0.2) is 11.6 Å². The Hall–Kier alpha value is -1.98. The fourth-order valence-electron chi connectivity index (χ4n) is 3.89. The number of aliphatic imine (C=N–C) groups is 1. The van der Waals surface area contributed by atoms with E-state index in [2.05, 4.69) is 10.6 Å². The largest absolute Gasteiger partial charge is 0.343 e. The summed E-state index contributed by atoms with van der Waals surface area (Å²) < 4.78 is 27.4. The Morgan fingerprint density at radius 1 is 1.08 bits per heavy atom. The first-order chi connectivity index (χ1) is 12.6. The average Bonchev–Trinajstić information content (AvgIpc) is 2.62. The van der Waals surface area contributed by atoms with E-state index < -0.39 is 11.6 Å². The lowest BCUT2D eigenvalue weighted by molar-refractivity contribution is 0.292. The first kappa shape index (κ1) is 17.4. The Balaban J connectivity index is 1.70. The van der Waals surface area contributed by atoms with Crippen molar-refractivity contribution in [3.8, 4) is 0 Å². The summed E-state index contributed by atoms with van der Waals surface area (Å²) in [6, 6.07) is 10.2. The SMILES string of the molecule is Fc1cc2c(cc1F)NC(=NCc1cccc(Cl)c1)C1(CCNCC1)C2. The second-order valence-corrected chi connectivity index (χ2v) is 7.49. The van der Waals surface area contributed by atoms with Crippen molar-refractivity contribution in [1.82, 2.24) is 5.32 Å². The van der Waals surface area contributed by atoms with Crippen molar-refractivity contribution in [2.75, 3.05) is 18.4 Å². The van der Waals surface area contributed by atoms with Gasteiger partial charge in [-0.05, 0) is 61.7 Å². The molecule has 2 N–H and O–H groups in total. The van der Waals surface area contributed by atoms with Gasteiger partial charge in [0, 0.05) is 22.2 Å². The number of hydrogen-bond acceptors (Lipinski definition) is 2. The van der Waals surface area contributed by atoms with Crippen LogP contribution in [0.1, 0.15) is 24.0 Å². The Kier molecular flexibility index (Phi) is 4.67. The van der Waals surface area contributed by atoms with Crippen LogP contribution in [0.3, 0.4) is 0 Å². The molecule has 0 atom stereocenters. The average molecular weight is 376 g/mol. The number of rotatable bonds is 2. The summed E-state index contributed by atoms with van der Waals surface area (Å²) in [4.78, 5) is 4.83. The monoisotopic (exact) mass is 375 g/mol. The van der Waals surface area contributed by atoms with Crippen LogP contribution in [0.25, 0.3) is 0 Å². The van der Waals surface area contributed by atoms with Gasteiger partial charge in [-0.2, -0.15) is 0 Å². The number of anilines is 1. The Morgan fingerprint density at radius 3 is 2.62 bits per heavy atom. The number of piperidine rings is 1. The van der Waals surface area contributed by atoms with Crippen LogP contribution >= 0.6 is 11.6 Å². The summed E-state index contributed by atoms with van der Waals surface area (Å²) >= 11 is 6.06. The van der Waals surface area contributed by atoms with E-state index in [1.807, 2.05) is 24.3 Å². The molecule has 0 aliphatic carbocycles. The minimum absolute atomic E-state index is 0.166. The number of halogens is 3. The van der Waals surface area contributed by atoms with E-state index in [4.69, 9.17) is 16.6 Å². The molecule has 4 rings (SSSR count). The van der Waals surface area contributed by atoms with E-state index in [0.717, 1.165) is 42.9 Å². The lowest BCUT2D eigenvalue weighted by Gasteiger charge is -2.43. The Bertz CT molecular complexity index is 860. The minimum atomic E-state index is -0.841. The second-order valence-electron chi connectivity index (χ2n) is 7.05. The van der Waals surface area contributed by atoms with Crippen LogP contribution in [-0.2, 0) is 13.0 Å². The lowest BCUT2D eigenvalue weighted by atomic mass is 9.71. The van der Waals surface area contributed by atoms with Crippen LogP contribution in [0.2, 0.25) is 5.02 Å². The van der Waals surface area contributed by atoms with Gasteiger partial charge in [0.2, 0.25) is 0 Å². The molecule has 136 valence electrons. The molecule has 3 nitrogen and oxygen atoms in total. The topological polar surface area (TPSA) is 36.4 Å². The number of hydrogen-bond donors (Lipinski definition) is 2. The molecule has 2 aromatic rings. The van der Waals surface area contributed by atoms with E-state index in [1.54, 1.807) is 0 Å². The molecule has 1 spiro atoms. The van der Waals surface area contributed by atoms with Crippen molar-refractivity contribution in [2.45, 2.75) is 25.8 Å². The zero-order valence-electron chi connectivity index (χ0n) is 14.3. The first-order valence-electron chi connectivity index (χ1n) is 8.81. The van der Waals surface area contributed by atoms with Crippen LogP contribution in [0.15, 0.2) is 41.4 Å². The van der Waals surface area contributed by atoms with Gasteiger partial charge < -0.3 is 10.6 Å². The van der Waals surface area contributed by atoms with Crippen molar-refractivity contribution in [2.24, 2.45) is 10.4 Å². The summed E-state index contributed by atoms with van der Waals surface area (Å²) in [5, 5.41) is 7.34.